The summed E-state index contributed by atoms with van der Waals surface area (Å²) in [4.78, 5) is 11.6. The summed E-state index contributed by atoms with van der Waals surface area (Å²) in [6.07, 6.45) is 1.52. The lowest BCUT2D eigenvalue weighted by Crippen LogP contribution is -2.35. The largest absolute Gasteiger partial charge is 0.356 e. The summed E-state index contributed by atoms with van der Waals surface area (Å²) >= 11 is 5.91. The smallest absolute Gasteiger partial charge is 0.227 e. The van der Waals surface area contributed by atoms with Gasteiger partial charge in [-0.2, -0.15) is 0 Å². The van der Waals surface area contributed by atoms with Crippen molar-refractivity contribution in [2.24, 2.45) is 0 Å². The number of halogens is 2. The van der Waals surface area contributed by atoms with Crippen molar-refractivity contribution in [2.75, 3.05) is 6.54 Å². The summed E-state index contributed by atoms with van der Waals surface area (Å²) in [7, 11) is 0. The van der Waals surface area contributed by atoms with Crippen molar-refractivity contribution >= 4 is 17.5 Å². The highest BCUT2D eigenvalue weighted by molar-refractivity contribution is 6.31. The number of carbonyl (C=O) groups is 1. The number of hydrogen-bond donors (Lipinski definition) is 1. The molecule has 0 aliphatic carbocycles. The molecule has 1 heterocycles. The van der Waals surface area contributed by atoms with E-state index in [2.05, 4.69) is 5.32 Å². The average molecular weight is 228 g/mol. The van der Waals surface area contributed by atoms with Crippen LogP contribution in [-0.4, -0.2) is 12.5 Å². The number of piperidine rings is 1. The van der Waals surface area contributed by atoms with Crippen LogP contribution in [0.3, 0.4) is 0 Å². The molecule has 1 amide bonds. The third-order valence-electron chi connectivity index (χ3n) is 2.63. The molecule has 1 aliphatic rings. The number of benzene rings is 1. The Morgan fingerprint density at radius 2 is 2.27 bits per heavy atom. The van der Waals surface area contributed by atoms with E-state index in [4.69, 9.17) is 11.6 Å². The van der Waals surface area contributed by atoms with Gasteiger partial charge in [0.25, 0.3) is 0 Å². The van der Waals surface area contributed by atoms with Crippen molar-refractivity contribution < 1.29 is 9.18 Å². The van der Waals surface area contributed by atoms with E-state index < -0.39 is 11.7 Å². The molecule has 15 heavy (non-hydrogen) atoms. The molecule has 1 fully saturated rings. The van der Waals surface area contributed by atoms with E-state index in [0.717, 1.165) is 6.42 Å². The third-order valence-corrected chi connectivity index (χ3v) is 2.96. The van der Waals surface area contributed by atoms with Crippen LogP contribution in [0.4, 0.5) is 4.39 Å². The first kappa shape index (κ1) is 10.4. The zero-order chi connectivity index (χ0) is 10.8. The Hall–Kier alpha value is -1.09. The van der Waals surface area contributed by atoms with Gasteiger partial charge in [-0.05, 0) is 25.0 Å². The monoisotopic (exact) mass is 227 g/mol. The number of rotatable bonds is 1. The third kappa shape index (κ3) is 1.97. The van der Waals surface area contributed by atoms with Gasteiger partial charge in [-0.3, -0.25) is 4.79 Å². The summed E-state index contributed by atoms with van der Waals surface area (Å²) in [6.45, 7) is 0.668. The number of nitrogens with one attached hydrogen (secondary N) is 1. The Kier molecular flexibility index (Phi) is 2.91. The fourth-order valence-electron chi connectivity index (χ4n) is 1.89. The number of hydrogen-bond acceptors (Lipinski definition) is 1. The van der Waals surface area contributed by atoms with Crippen molar-refractivity contribution in [3.63, 3.8) is 0 Å². The van der Waals surface area contributed by atoms with E-state index in [1.807, 2.05) is 0 Å². The molecule has 4 heteroatoms. The van der Waals surface area contributed by atoms with E-state index in [1.165, 1.54) is 6.07 Å². The van der Waals surface area contributed by atoms with Crippen molar-refractivity contribution in [1.82, 2.24) is 5.32 Å². The van der Waals surface area contributed by atoms with Crippen LogP contribution < -0.4 is 5.32 Å². The Balaban J connectivity index is 2.39. The molecule has 1 unspecified atom stereocenters. The van der Waals surface area contributed by atoms with Gasteiger partial charge in [-0.1, -0.05) is 17.7 Å². The van der Waals surface area contributed by atoms with Crippen LogP contribution in [0.5, 0.6) is 0 Å². The zero-order valence-electron chi connectivity index (χ0n) is 8.09. The molecule has 0 radical (unpaired) electrons. The summed E-state index contributed by atoms with van der Waals surface area (Å²) < 4.78 is 13.5. The van der Waals surface area contributed by atoms with Crippen molar-refractivity contribution in [3.05, 3.63) is 34.6 Å². The number of amides is 1. The molecule has 2 nitrogen and oxygen atoms in total. The lowest BCUT2D eigenvalue weighted by Gasteiger charge is -2.23. The molecular weight excluding hydrogens is 217 g/mol. The molecule has 1 atom stereocenters. The van der Waals surface area contributed by atoms with Crippen LogP contribution in [0.1, 0.15) is 24.3 Å². The molecule has 1 aromatic rings. The standard InChI is InChI=1S/C11H11ClFNO/c12-8-4-1-5-9(13)10(8)7-3-2-6-14-11(7)15/h1,4-5,7H,2-3,6H2,(H,14,15). The van der Waals surface area contributed by atoms with Crippen LogP contribution >= 0.6 is 11.6 Å². The second kappa shape index (κ2) is 4.19. The van der Waals surface area contributed by atoms with Crippen molar-refractivity contribution in [3.8, 4) is 0 Å². The second-order valence-electron chi connectivity index (χ2n) is 3.62. The molecule has 0 bridgehead atoms. The summed E-state index contributed by atoms with van der Waals surface area (Å²) in [5.41, 5.74) is 0.330. The fourth-order valence-corrected chi connectivity index (χ4v) is 2.19. The molecular formula is C11H11ClFNO. The van der Waals surface area contributed by atoms with E-state index in [9.17, 15) is 9.18 Å². The maximum atomic E-state index is 13.5. The van der Waals surface area contributed by atoms with Gasteiger partial charge in [0.1, 0.15) is 5.82 Å². The van der Waals surface area contributed by atoms with E-state index in [0.29, 0.717) is 23.6 Å². The van der Waals surface area contributed by atoms with Crippen LogP contribution in [0.15, 0.2) is 18.2 Å². The van der Waals surface area contributed by atoms with Crippen LogP contribution in [-0.2, 0) is 4.79 Å². The molecule has 1 N–H and O–H groups in total. The Labute approximate surface area is 92.4 Å². The first-order valence-corrected chi connectivity index (χ1v) is 5.29. The van der Waals surface area contributed by atoms with Crippen molar-refractivity contribution in [1.29, 1.82) is 0 Å². The van der Waals surface area contributed by atoms with Crippen molar-refractivity contribution in [2.45, 2.75) is 18.8 Å². The maximum Gasteiger partial charge on any atom is 0.227 e. The lowest BCUT2D eigenvalue weighted by molar-refractivity contribution is -0.123. The van der Waals surface area contributed by atoms with Crippen LogP contribution in [0, 0.1) is 5.82 Å². The first-order valence-electron chi connectivity index (χ1n) is 4.92. The molecule has 0 spiro atoms. The predicted molar refractivity (Wildman–Crippen MR) is 56.4 cm³/mol. The highest BCUT2D eigenvalue weighted by atomic mass is 35.5. The fraction of sp³-hybridized carbons (Fsp3) is 0.364. The van der Waals surface area contributed by atoms with Gasteiger partial charge in [0.05, 0.1) is 5.92 Å². The Morgan fingerprint density at radius 3 is 2.93 bits per heavy atom. The quantitative estimate of drug-likeness (QED) is 0.785. The molecule has 1 aromatic carbocycles. The maximum absolute atomic E-state index is 13.5. The van der Waals surface area contributed by atoms with Gasteiger partial charge in [0, 0.05) is 17.1 Å². The van der Waals surface area contributed by atoms with Gasteiger partial charge in [0.15, 0.2) is 0 Å². The summed E-state index contributed by atoms with van der Waals surface area (Å²) in [5.74, 6) is -0.967. The van der Waals surface area contributed by atoms with Gasteiger partial charge >= 0.3 is 0 Å². The summed E-state index contributed by atoms with van der Waals surface area (Å²) in [6, 6.07) is 4.49. The van der Waals surface area contributed by atoms with Crippen LogP contribution in [0.25, 0.3) is 0 Å². The molecule has 1 aliphatic heterocycles. The van der Waals surface area contributed by atoms with Gasteiger partial charge in [0.2, 0.25) is 5.91 Å². The molecule has 2 rings (SSSR count). The van der Waals surface area contributed by atoms with Gasteiger partial charge < -0.3 is 5.32 Å². The molecule has 80 valence electrons. The number of carbonyl (C=O) groups excluding carboxylic acids is 1. The summed E-state index contributed by atoms with van der Waals surface area (Å²) in [5, 5.41) is 3.05. The minimum absolute atomic E-state index is 0.131. The predicted octanol–water partition coefficient (Wildman–Crippen LogP) is 2.47. The normalized spacial score (nSPS) is 21.2. The van der Waals surface area contributed by atoms with E-state index in [1.54, 1.807) is 12.1 Å². The van der Waals surface area contributed by atoms with Gasteiger partial charge in [-0.15, -0.1) is 0 Å². The average Bonchev–Trinajstić information content (AvgIpc) is 2.20. The molecule has 0 aromatic heterocycles. The van der Waals surface area contributed by atoms with E-state index in [-0.39, 0.29) is 5.91 Å². The minimum Gasteiger partial charge on any atom is -0.356 e. The highest BCUT2D eigenvalue weighted by Crippen LogP contribution is 2.31. The Bertz CT molecular complexity index is 374. The SMILES string of the molecule is O=C1NCCCC1c1c(F)cccc1Cl. The minimum atomic E-state index is -0.438. The van der Waals surface area contributed by atoms with Gasteiger partial charge in [-0.25, -0.2) is 4.39 Å². The topological polar surface area (TPSA) is 29.1 Å². The highest BCUT2D eigenvalue weighted by Gasteiger charge is 2.27. The first-order chi connectivity index (χ1) is 7.20. The lowest BCUT2D eigenvalue weighted by atomic mass is 9.90. The van der Waals surface area contributed by atoms with Crippen LogP contribution in [0.2, 0.25) is 5.02 Å². The zero-order valence-corrected chi connectivity index (χ0v) is 8.85. The second-order valence-corrected chi connectivity index (χ2v) is 4.03. The van der Waals surface area contributed by atoms with E-state index >= 15 is 0 Å². The Morgan fingerprint density at radius 1 is 1.47 bits per heavy atom. The molecule has 0 saturated carbocycles. The molecule has 1 saturated heterocycles.